The summed E-state index contributed by atoms with van der Waals surface area (Å²) in [4.78, 5) is 15.6. The number of rotatable bonds is 5. The van der Waals surface area contributed by atoms with Gasteiger partial charge in [0.25, 0.3) is 0 Å². The van der Waals surface area contributed by atoms with Gasteiger partial charge in [-0.05, 0) is 42.5 Å². The lowest BCUT2D eigenvalue weighted by atomic mass is 10.2. The summed E-state index contributed by atoms with van der Waals surface area (Å²) < 4.78 is 16.7. The van der Waals surface area contributed by atoms with E-state index in [2.05, 4.69) is 10.2 Å². The largest absolute Gasteiger partial charge is 0.490 e. The molecule has 1 fully saturated rings. The number of anilines is 2. The molecule has 2 heterocycles. The van der Waals surface area contributed by atoms with Crippen molar-refractivity contribution in [3.8, 4) is 11.5 Å². The maximum absolute atomic E-state index is 12.3. The van der Waals surface area contributed by atoms with Gasteiger partial charge in [0.05, 0.1) is 32.2 Å². The number of ether oxygens (including phenoxy) is 3. The third-order valence-electron chi connectivity index (χ3n) is 4.62. The predicted molar refractivity (Wildman–Crippen MR) is 111 cm³/mol. The van der Waals surface area contributed by atoms with E-state index in [9.17, 15) is 4.79 Å². The summed E-state index contributed by atoms with van der Waals surface area (Å²) >= 11 is 1.48. The molecule has 0 bridgehead atoms. The van der Waals surface area contributed by atoms with E-state index in [0.29, 0.717) is 19.0 Å². The Morgan fingerprint density at radius 2 is 1.71 bits per heavy atom. The summed E-state index contributed by atoms with van der Waals surface area (Å²) in [7, 11) is 0. The van der Waals surface area contributed by atoms with Crippen LogP contribution in [0.1, 0.15) is 6.42 Å². The number of nitrogens with one attached hydrogen (secondary N) is 1. The SMILES string of the molecule is O=C(CSc1ccc2c(c1)OCCCO2)Nc1ccc(N2CCOCC2)cc1. The lowest BCUT2D eigenvalue weighted by Gasteiger charge is -2.28. The first-order valence-corrected chi connectivity index (χ1v) is 10.5. The fraction of sp³-hybridized carbons (Fsp3) is 0.381. The molecule has 0 saturated carbocycles. The normalized spacial score (nSPS) is 16.4. The average Bonchev–Trinajstić information content (AvgIpc) is 2.98. The van der Waals surface area contributed by atoms with Gasteiger partial charge in [0, 0.05) is 35.8 Å². The molecule has 0 radical (unpaired) electrons. The quantitative estimate of drug-likeness (QED) is 0.776. The first-order chi connectivity index (χ1) is 13.8. The molecule has 28 heavy (non-hydrogen) atoms. The first-order valence-electron chi connectivity index (χ1n) is 9.53. The standard InChI is InChI=1S/C21H24N2O4S/c24-21(15-28-18-6-7-19-20(14-18)27-11-1-10-26-19)22-16-2-4-17(5-3-16)23-8-12-25-13-9-23/h2-7,14H,1,8-13,15H2,(H,22,24). The molecular formula is C21H24N2O4S. The van der Waals surface area contributed by atoms with Crippen LogP contribution >= 0.6 is 11.8 Å². The molecule has 2 aromatic carbocycles. The molecule has 1 N–H and O–H groups in total. The van der Waals surface area contributed by atoms with Gasteiger partial charge in [-0.15, -0.1) is 11.8 Å². The maximum Gasteiger partial charge on any atom is 0.234 e. The van der Waals surface area contributed by atoms with Crippen LogP contribution < -0.4 is 19.7 Å². The maximum atomic E-state index is 12.3. The number of nitrogens with zero attached hydrogens (tertiary/aromatic N) is 1. The minimum Gasteiger partial charge on any atom is -0.490 e. The van der Waals surface area contributed by atoms with Gasteiger partial charge in [0.15, 0.2) is 11.5 Å². The molecule has 0 aromatic heterocycles. The van der Waals surface area contributed by atoms with Crippen molar-refractivity contribution < 1.29 is 19.0 Å². The third-order valence-corrected chi connectivity index (χ3v) is 5.61. The minimum absolute atomic E-state index is 0.0313. The predicted octanol–water partition coefficient (Wildman–Crippen LogP) is 3.42. The molecule has 0 aliphatic carbocycles. The molecule has 4 rings (SSSR count). The van der Waals surface area contributed by atoms with Gasteiger partial charge >= 0.3 is 0 Å². The minimum atomic E-state index is -0.0313. The molecular weight excluding hydrogens is 376 g/mol. The summed E-state index contributed by atoms with van der Waals surface area (Å²) in [5.74, 6) is 1.83. The Morgan fingerprint density at radius 1 is 0.964 bits per heavy atom. The Morgan fingerprint density at radius 3 is 2.50 bits per heavy atom. The van der Waals surface area contributed by atoms with Gasteiger partial charge in [0.2, 0.25) is 5.91 Å². The highest BCUT2D eigenvalue weighted by molar-refractivity contribution is 8.00. The van der Waals surface area contributed by atoms with Crippen molar-refractivity contribution in [2.45, 2.75) is 11.3 Å². The van der Waals surface area contributed by atoms with Gasteiger partial charge in [-0.25, -0.2) is 0 Å². The zero-order valence-electron chi connectivity index (χ0n) is 15.7. The van der Waals surface area contributed by atoms with E-state index in [1.807, 2.05) is 42.5 Å². The smallest absolute Gasteiger partial charge is 0.234 e. The van der Waals surface area contributed by atoms with Crippen LogP contribution in [0.3, 0.4) is 0 Å². The van der Waals surface area contributed by atoms with Crippen LogP contribution in [-0.4, -0.2) is 51.2 Å². The molecule has 2 aromatic rings. The van der Waals surface area contributed by atoms with Gasteiger partial charge in [-0.1, -0.05) is 0 Å². The molecule has 1 saturated heterocycles. The van der Waals surface area contributed by atoms with Crippen molar-refractivity contribution in [2.75, 3.05) is 55.5 Å². The number of carbonyl (C=O) groups is 1. The Labute approximate surface area is 169 Å². The lowest BCUT2D eigenvalue weighted by molar-refractivity contribution is -0.113. The van der Waals surface area contributed by atoms with Gasteiger partial charge in [0.1, 0.15) is 0 Å². The van der Waals surface area contributed by atoms with Gasteiger partial charge < -0.3 is 24.4 Å². The van der Waals surface area contributed by atoms with Crippen molar-refractivity contribution in [3.05, 3.63) is 42.5 Å². The van der Waals surface area contributed by atoms with Crippen LogP contribution in [-0.2, 0) is 9.53 Å². The average molecular weight is 401 g/mol. The fourth-order valence-electron chi connectivity index (χ4n) is 3.16. The molecule has 0 spiro atoms. The third kappa shape index (κ3) is 4.91. The summed E-state index contributed by atoms with van der Waals surface area (Å²) in [5.41, 5.74) is 1.96. The summed E-state index contributed by atoms with van der Waals surface area (Å²) in [5, 5.41) is 2.96. The van der Waals surface area contributed by atoms with E-state index in [-0.39, 0.29) is 5.91 Å². The Balaban J connectivity index is 1.29. The Bertz CT molecular complexity index is 807. The molecule has 148 valence electrons. The van der Waals surface area contributed by atoms with Crippen LogP contribution in [0.4, 0.5) is 11.4 Å². The van der Waals surface area contributed by atoms with Crippen LogP contribution in [0.5, 0.6) is 11.5 Å². The van der Waals surface area contributed by atoms with Crippen molar-refractivity contribution in [1.29, 1.82) is 0 Å². The van der Waals surface area contributed by atoms with E-state index in [1.54, 1.807) is 0 Å². The summed E-state index contributed by atoms with van der Waals surface area (Å²) in [6.45, 7) is 4.65. The number of hydrogen-bond donors (Lipinski definition) is 1. The molecule has 0 unspecified atom stereocenters. The Hall–Kier alpha value is -2.38. The molecule has 2 aliphatic rings. The lowest BCUT2D eigenvalue weighted by Crippen LogP contribution is -2.36. The van der Waals surface area contributed by atoms with Crippen molar-refractivity contribution in [1.82, 2.24) is 0 Å². The second-order valence-electron chi connectivity index (χ2n) is 6.64. The van der Waals surface area contributed by atoms with Crippen molar-refractivity contribution in [2.24, 2.45) is 0 Å². The number of amides is 1. The monoisotopic (exact) mass is 400 g/mol. The topological polar surface area (TPSA) is 60.0 Å². The zero-order valence-corrected chi connectivity index (χ0v) is 16.5. The van der Waals surface area contributed by atoms with E-state index in [4.69, 9.17) is 14.2 Å². The Kier molecular flexibility index (Phi) is 6.24. The van der Waals surface area contributed by atoms with E-state index in [1.165, 1.54) is 11.8 Å². The number of benzene rings is 2. The number of carbonyl (C=O) groups excluding carboxylic acids is 1. The van der Waals surface area contributed by atoms with Crippen molar-refractivity contribution >= 4 is 29.0 Å². The highest BCUT2D eigenvalue weighted by Gasteiger charge is 2.13. The number of morpholine rings is 1. The fourth-order valence-corrected chi connectivity index (χ4v) is 3.88. The van der Waals surface area contributed by atoms with E-state index in [0.717, 1.165) is 60.5 Å². The summed E-state index contributed by atoms with van der Waals surface area (Å²) in [6.07, 6.45) is 0.879. The molecule has 0 atom stereocenters. The van der Waals surface area contributed by atoms with Crippen LogP contribution in [0, 0.1) is 0 Å². The second-order valence-corrected chi connectivity index (χ2v) is 7.69. The number of fused-ring (bicyclic) bond motifs is 1. The van der Waals surface area contributed by atoms with Gasteiger partial charge in [-0.2, -0.15) is 0 Å². The summed E-state index contributed by atoms with van der Waals surface area (Å²) in [6, 6.07) is 13.8. The van der Waals surface area contributed by atoms with Crippen molar-refractivity contribution in [3.63, 3.8) is 0 Å². The van der Waals surface area contributed by atoms with Crippen LogP contribution in [0.25, 0.3) is 0 Å². The van der Waals surface area contributed by atoms with Gasteiger partial charge in [-0.3, -0.25) is 4.79 Å². The number of thioether (sulfide) groups is 1. The molecule has 7 heteroatoms. The van der Waals surface area contributed by atoms with E-state index >= 15 is 0 Å². The number of hydrogen-bond acceptors (Lipinski definition) is 6. The molecule has 2 aliphatic heterocycles. The zero-order chi connectivity index (χ0) is 19.2. The highest BCUT2D eigenvalue weighted by atomic mass is 32.2. The highest BCUT2D eigenvalue weighted by Crippen LogP contribution is 2.33. The van der Waals surface area contributed by atoms with Crippen LogP contribution in [0.15, 0.2) is 47.4 Å². The first kappa shape index (κ1) is 19.0. The van der Waals surface area contributed by atoms with E-state index < -0.39 is 0 Å². The van der Waals surface area contributed by atoms with Crippen LogP contribution in [0.2, 0.25) is 0 Å². The molecule has 6 nitrogen and oxygen atoms in total. The molecule has 1 amide bonds. The second kappa shape index (κ2) is 9.21.